The molecule has 13 aromatic carbocycles. The predicted octanol–water partition coefficient (Wildman–Crippen LogP) is 20.4. The maximum absolute atomic E-state index is 4.07. The highest BCUT2D eigenvalue weighted by Gasteiger charge is 2.41. The van der Waals surface area contributed by atoms with Gasteiger partial charge in [-0.15, -0.1) is 0 Å². The number of nitrogens with one attached hydrogen (secondary N) is 1. The number of nitrogens with zero attached hydrogens (tertiary/aromatic N) is 2. The molecule has 1 heterocycles. The molecule has 1 aliphatic carbocycles. The Bertz CT molecular complexity index is 4460. The van der Waals surface area contributed by atoms with Crippen molar-refractivity contribution < 1.29 is 0 Å². The van der Waals surface area contributed by atoms with Crippen LogP contribution in [-0.2, 0) is 5.41 Å². The van der Waals surface area contributed by atoms with Gasteiger partial charge in [-0.1, -0.05) is 256 Å². The Balaban J connectivity index is 0.989. The molecule has 0 bridgehead atoms. The van der Waals surface area contributed by atoms with Gasteiger partial charge in [-0.05, 0) is 168 Å². The van der Waals surface area contributed by atoms with E-state index in [2.05, 4.69) is 344 Å². The maximum Gasteiger partial charge on any atom is 0.198 e. The highest BCUT2D eigenvalue weighted by molar-refractivity contribution is 6.73. The number of benzene rings is 13. The van der Waals surface area contributed by atoms with Gasteiger partial charge in [-0.3, -0.25) is 0 Å². The van der Waals surface area contributed by atoms with Gasteiger partial charge in [-0.25, -0.2) is 0 Å². The molecule has 1 aliphatic heterocycles. The Morgan fingerprint density at radius 2 is 0.753 bits per heavy atom. The van der Waals surface area contributed by atoms with Crippen LogP contribution in [0, 0.1) is 0 Å². The SMILES string of the molecule is CC1(C)c2ccccc2-c2c1cc1c(c2-c2cc(N(c3ccc(-c4ccccc4)cc3)c3ccc(-c4ccccc4)cc3)ccc2Nc2ccc(-c3ccccc3)cc2)Bc2cc(-c3ccccc3)ccc2N1c1ccc(-c2ccccc2)cc1. The zero-order valence-corrected chi connectivity index (χ0v) is 47.6. The normalized spacial score (nSPS) is 12.5. The third-order valence-electron chi connectivity index (χ3n) is 17.5. The van der Waals surface area contributed by atoms with Gasteiger partial charge in [0, 0.05) is 56.5 Å². The minimum atomic E-state index is -0.318. The molecule has 0 radical (unpaired) electrons. The molecular formula is C81H60BN3. The summed E-state index contributed by atoms with van der Waals surface area (Å²) in [5.74, 6) is 0. The van der Waals surface area contributed by atoms with Crippen molar-refractivity contribution in [1.82, 2.24) is 0 Å². The molecule has 13 aromatic rings. The Morgan fingerprint density at radius 1 is 0.329 bits per heavy atom. The standard InChI is InChI=1S/C81H60BN3/c1-81(2)72-31-19-18-30-70(72)78-73(81)54-77-80(82-74-52-64(59-28-16-7-17-29-59)40-51-76(74)85(77)68-47-38-63(39-48-68)58-26-14-6-15-27-58)79(78)71-53-69(49-50-75(71)83-65-41-32-60(33-42-65)55-20-8-3-9-21-55)84(66-43-34-61(35-44-66)56-22-10-4-11-23-56)67-45-36-62(37-46-67)57-24-12-5-13-25-57/h3-54,82-83H,1-2H3. The maximum atomic E-state index is 4.07. The smallest absolute Gasteiger partial charge is 0.198 e. The summed E-state index contributed by atoms with van der Waals surface area (Å²) in [4.78, 5) is 4.98. The van der Waals surface area contributed by atoms with Crippen LogP contribution in [0.3, 0.4) is 0 Å². The van der Waals surface area contributed by atoms with Crippen molar-refractivity contribution in [3.8, 4) is 77.9 Å². The van der Waals surface area contributed by atoms with E-state index in [9.17, 15) is 0 Å². The van der Waals surface area contributed by atoms with Crippen molar-refractivity contribution in [3.05, 3.63) is 327 Å². The van der Waals surface area contributed by atoms with Gasteiger partial charge in [0.15, 0.2) is 7.28 Å². The van der Waals surface area contributed by atoms with E-state index >= 15 is 0 Å². The summed E-state index contributed by atoms with van der Waals surface area (Å²) in [6.45, 7) is 4.83. The average Bonchev–Trinajstić information content (AvgIpc) is 1.74. The molecule has 3 nitrogen and oxygen atoms in total. The first-order valence-electron chi connectivity index (χ1n) is 29.5. The van der Waals surface area contributed by atoms with Crippen molar-refractivity contribution in [2.45, 2.75) is 19.3 Å². The highest BCUT2D eigenvalue weighted by Crippen LogP contribution is 2.56. The summed E-state index contributed by atoms with van der Waals surface area (Å²) >= 11 is 0. The number of fused-ring (bicyclic) bond motifs is 5. The fraction of sp³-hybridized carbons (Fsp3) is 0.0370. The molecule has 2 aliphatic rings. The van der Waals surface area contributed by atoms with Gasteiger partial charge in [0.1, 0.15) is 0 Å². The van der Waals surface area contributed by atoms with Crippen LogP contribution in [-0.4, -0.2) is 7.28 Å². The number of anilines is 8. The van der Waals surface area contributed by atoms with Crippen molar-refractivity contribution in [3.63, 3.8) is 0 Å². The zero-order chi connectivity index (χ0) is 56.8. The Kier molecular flexibility index (Phi) is 13.0. The van der Waals surface area contributed by atoms with Crippen LogP contribution in [0.2, 0.25) is 0 Å². The molecule has 0 amide bonds. The van der Waals surface area contributed by atoms with Crippen molar-refractivity contribution in [2.24, 2.45) is 0 Å². The van der Waals surface area contributed by atoms with Crippen LogP contribution >= 0.6 is 0 Å². The molecule has 0 spiro atoms. The second kappa shape index (κ2) is 21.6. The fourth-order valence-electron chi connectivity index (χ4n) is 13.2. The van der Waals surface area contributed by atoms with Gasteiger partial charge >= 0.3 is 0 Å². The molecule has 0 aromatic heterocycles. The summed E-state index contributed by atoms with van der Waals surface area (Å²) in [6, 6.07) is 116. The molecule has 4 heteroatoms. The van der Waals surface area contributed by atoms with Gasteiger partial charge in [-0.2, -0.15) is 0 Å². The summed E-state index contributed by atoms with van der Waals surface area (Å²) in [5, 5.41) is 4.07. The van der Waals surface area contributed by atoms with Crippen LogP contribution in [0.4, 0.5) is 45.5 Å². The van der Waals surface area contributed by atoms with E-state index < -0.39 is 0 Å². The Hall–Kier alpha value is -10.7. The van der Waals surface area contributed by atoms with Crippen LogP contribution in [0.5, 0.6) is 0 Å². The van der Waals surface area contributed by atoms with Crippen LogP contribution in [0.15, 0.2) is 315 Å². The lowest BCUT2D eigenvalue weighted by atomic mass is 9.56. The lowest BCUT2D eigenvalue weighted by Gasteiger charge is -2.37. The van der Waals surface area contributed by atoms with Crippen LogP contribution in [0.25, 0.3) is 77.9 Å². The van der Waals surface area contributed by atoms with Gasteiger partial charge in [0.05, 0.1) is 0 Å². The van der Waals surface area contributed by atoms with Gasteiger partial charge in [0.2, 0.25) is 0 Å². The summed E-state index contributed by atoms with van der Waals surface area (Å²) in [7, 11) is 0.718. The molecular weight excluding hydrogens is 1030 g/mol. The van der Waals surface area contributed by atoms with Gasteiger partial charge < -0.3 is 15.1 Å². The number of hydrogen-bond acceptors (Lipinski definition) is 3. The van der Waals surface area contributed by atoms with E-state index in [-0.39, 0.29) is 5.41 Å². The van der Waals surface area contributed by atoms with Crippen molar-refractivity contribution in [1.29, 1.82) is 0 Å². The Morgan fingerprint density at radius 3 is 1.27 bits per heavy atom. The monoisotopic (exact) mass is 1090 g/mol. The molecule has 15 rings (SSSR count). The van der Waals surface area contributed by atoms with E-state index in [0.717, 1.165) is 47.0 Å². The van der Waals surface area contributed by atoms with E-state index in [1.807, 2.05) is 0 Å². The van der Waals surface area contributed by atoms with E-state index in [0.29, 0.717) is 0 Å². The largest absolute Gasteiger partial charge is 0.355 e. The molecule has 0 fully saturated rings. The topological polar surface area (TPSA) is 18.5 Å². The number of hydrogen-bond donors (Lipinski definition) is 1. The molecule has 0 saturated heterocycles. The van der Waals surface area contributed by atoms with Crippen molar-refractivity contribution >= 4 is 63.7 Å². The summed E-state index contributed by atoms with van der Waals surface area (Å²) < 4.78 is 0. The second-order valence-electron chi connectivity index (χ2n) is 22.9. The third kappa shape index (κ3) is 9.48. The number of rotatable bonds is 12. The minimum absolute atomic E-state index is 0.318. The first-order chi connectivity index (χ1) is 41.9. The minimum Gasteiger partial charge on any atom is -0.355 e. The zero-order valence-electron chi connectivity index (χ0n) is 47.6. The second-order valence-corrected chi connectivity index (χ2v) is 22.9. The average molecular weight is 1090 g/mol. The van der Waals surface area contributed by atoms with Gasteiger partial charge in [0.25, 0.3) is 0 Å². The van der Waals surface area contributed by atoms with Crippen molar-refractivity contribution in [2.75, 3.05) is 15.1 Å². The lowest BCUT2D eigenvalue weighted by Crippen LogP contribution is -2.41. The van der Waals surface area contributed by atoms with Crippen LogP contribution < -0.4 is 26.0 Å². The first-order valence-corrected chi connectivity index (χ1v) is 29.5. The van der Waals surface area contributed by atoms with E-state index in [1.54, 1.807) is 0 Å². The van der Waals surface area contributed by atoms with E-state index in [1.165, 1.54) is 106 Å². The molecule has 1 N–H and O–H groups in total. The predicted molar refractivity (Wildman–Crippen MR) is 362 cm³/mol. The molecule has 85 heavy (non-hydrogen) atoms. The molecule has 0 atom stereocenters. The molecule has 0 unspecified atom stereocenters. The summed E-state index contributed by atoms with van der Waals surface area (Å²) in [6.07, 6.45) is 0. The quantitative estimate of drug-likeness (QED) is 0.123. The molecule has 0 saturated carbocycles. The Labute approximate surface area is 499 Å². The van der Waals surface area contributed by atoms with E-state index in [4.69, 9.17) is 0 Å². The fourth-order valence-corrected chi connectivity index (χ4v) is 13.2. The van der Waals surface area contributed by atoms with Crippen LogP contribution in [0.1, 0.15) is 25.0 Å². The lowest BCUT2D eigenvalue weighted by molar-refractivity contribution is 0.660. The molecule has 402 valence electrons. The third-order valence-corrected chi connectivity index (χ3v) is 17.5. The highest BCUT2D eigenvalue weighted by atomic mass is 15.2. The summed E-state index contributed by atoms with van der Waals surface area (Å²) in [5.41, 5.74) is 30.4. The first kappa shape index (κ1) is 51.2.